The third-order valence-electron chi connectivity index (χ3n) is 2.32. The van der Waals surface area contributed by atoms with E-state index in [4.69, 9.17) is 0 Å². The van der Waals surface area contributed by atoms with Crippen molar-refractivity contribution in [3.63, 3.8) is 0 Å². The minimum absolute atomic E-state index is 0.0475. The molecule has 1 aromatic carbocycles. The first-order chi connectivity index (χ1) is 6.33. The summed E-state index contributed by atoms with van der Waals surface area (Å²) in [6, 6.07) is 8.02. The summed E-state index contributed by atoms with van der Waals surface area (Å²) in [5.41, 5.74) is 2.42. The molecule has 3 heteroatoms. The molecule has 0 heterocycles. The average molecular weight is 238 g/mol. The average Bonchev–Trinajstić information content (AvgIpc) is 2.44. The van der Waals surface area contributed by atoms with E-state index in [-0.39, 0.29) is 10.9 Å². The standard InChI is InChI=1S/C10H8BrNO/c11-9-5-7-3-1-2-4-8(7)10(9)12-6-13/h1-4,9-10H,5H2/t9-,10-/m1/s1. The van der Waals surface area contributed by atoms with E-state index >= 15 is 0 Å². The molecule has 13 heavy (non-hydrogen) atoms. The number of isocyanates is 1. The van der Waals surface area contributed by atoms with Gasteiger partial charge in [-0.15, -0.1) is 0 Å². The third-order valence-corrected chi connectivity index (χ3v) is 3.15. The van der Waals surface area contributed by atoms with Crippen LogP contribution in [-0.4, -0.2) is 10.9 Å². The van der Waals surface area contributed by atoms with Crippen LogP contribution < -0.4 is 0 Å². The predicted octanol–water partition coefficient (Wildman–Crippen LogP) is 2.38. The van der Waals surface area contributed by atoms with Gasteiger partial charge < -0.3 is 0 Å². The molecule has 0 radical (unpaired) electrons. The van der Waals surface area contributed by atoms with Crippen LogP contribution in [0.5, 0.6) is 0 Å². The molecule has 0 saturated heterocycles. The molecule has 0 fully saturated rings. The Balaban J connectivity index is 2.46. The largest absolute Gasteiger partial charge is 0.235 e. The maximum Gasteiger partial charge on any atom is 0.235 e. The van der Waals surface area contributed by atoms with Crippen molar-refractivity contribution in [3.8, 4) is 0 Å². The summed E-state index contributed by atoms with van der Waals surface area (Å²) in [6.07, 6.45) is 2.56. The molecule has 0 spiro atoms. The Morgan fingerprint density at radius 1 is 1.46 bits per heavy atom. The van der Waals surface area contributed by atoms with Crippen LogP contribution in [0.4, 0.5) is 0 Å². The normalized spacial score (nSPS) is 25.0. The number of nitrogens with zero attached hydrogens (tertiary/aromatic N) is 1. The number of hydrogen-bond acceptors (Lipinski definition) is 2. The molecule has 2 atom stereocenters. The highest BCUT2D eigenvalue weighted by Gasteiger charge is 2.29. The smallest absolute Gasteiger partial charge is 0.211 e. The molecule has 2 rings (SSSR count). The second kappa shape index (κ2) is 3.44. The monoisotopic (exact) mass is 237 g/mol. The summed E-state index contributed by atoms with van der Waals surface area (Å²) < 4.78 is 0. The second-order valence-corrected chi connectivity index (χ2v) is 4.26. The summed E-state index contributed by atoms with van der Waals surface area (Å²) in [5, 5.41) is 0. The van der Waals surface area contributed by atoms with Crippen LogP contribution in [0.3, 0.4) is 0 Å². The first kappa shape index (κ1) is 8.67. The van der Waals surface area contributed by atoms with Crippen LogP contribution in [0.25, 0.3) is 0 Å². The number of halogens is 1. The van der Waals surface area contributed by atoms with Crippen molar-refractivity contribution in [1.82, 2.24) is 0 Å². The van der Waals surface area contributed by atoms with Gasteiger partial charge in [0.15, 0.2) is 0 Å². The topological polar surface area (TPSA) is 29.4 Å². The number of aliphatic imine (C=N–C) groups is 1. The highest BCUT2D eigenvalue weighted by Crippen LogP contribution is 2.37. The lowest BCUT2D eigenvalue weighted by atomic mass is 10.1. The summed E-state index contributed by atoms with van der Waals surface area (Å²) in [6.45, 7) is 0. The lowest BCUT2D eigenvalue weighted by Crippen LogP contribution is -2.02. The lowest BCUT2D eigenvalue weighted by molar-refractivity contribution is 0.558. The van der Waals surface area contributed by atoms with Crippen molar-refractivity contribution in [2.45, 2.75) is 17.3 Å². The Bertz CT molecular complexity index is 371. The number of rotatable bonds is 1. The summed E-state index contributed by atoms with van der Waals surface area (Å²) >= 11 is 3.51. The molecular weight excluding hydrogens is 230 g/mol. The van der Waals surface area contributed by atoms with Crippen molar-refractivity contribution < 1.29 is 4.79 Å². The van der Waals surface area contributed by atoms with Gasteiger partial charge in [-0.2, -0.15) is 4.99 Å². The fourth-order valence-corrected chi connectivity index (χ4v) is 2.48. The van der Waals surface area contributed by atoms with Gasteiger partial charge in [0.2, 0.25) is 6.08 Å². The van der Waals surface area contributed by atoms with E-state index in [1.54, 1.807) is 6.08 Å². The first-order valence-electron chi connectivity index (χ1n) is 4.12. The first-order valence-corrected chi connectivity index (χ1v) is 5.03. The van der Waals surface area contributed by atoms with Crippen molar-refractivity contribution >= 4 is 22.0 Å². The quantitative estimate of drug-likeness (QED) is 0.419. The van der Waals surface area contributed by atoms with Gasteiger partial charge in [-0.1, -0.05) is 40.2 Å². The molecule has 0 aromatic heterocycles. The highest BCUT2D eigenvalue weighted by atomic mass is 79.9. The molecule has 1 aliphatic carbocycles. The van der Waals surface area contributed by atoms with E-state index < -0.39 is 0 Å². The number of alkyl halides is 1. The van der Waals surface area contributed by atoms with Gasteiger partial charge in [0.1, 0.15) is 6.04 Å². The van der Waals surface area contributed by atoms with Gasteiger partial charge >= 0.3 is 0 Å². The number of benzene rings is 1. The molecular formula is C10H8BrNO. The van der Waals surface area contributed by atoms with Crippen LogP contribution in [0, 0.1) is 0 Å². The molecule has 0 unspecified atom stereocenters. The Morgan fingerprint density at radius 3 is 3.00 bits per heavy atom. The van der Waals surface area contributed by atoms with Crippen molar-refractivity contribution in [1.29, 1.82) is 0 Å². The second-order valence-electron chi connectivity index (χ2n) is 3.08. The van der Waals surface area contributed by atoms with Crippen LogP contribution in [-0.2, 0) is 11.2 Å². The molecule has 1 aliphatic rings. The minimum Gasteiger partial charge on any atom is -0.211 e. The predicted molar refractivity (Wildman–Crippen MR) is 53.7 cm³/mol. The summed E-state index contributed by atoms with van der Waals surface area (Å²) in [4.78, 5) is 14.2. The molecule has 0 N–H and O–H groups in total. The Labute approximate surface area is 84.8 Å². The number of fused-ring (bicyclic) bond motifs is 1. The van der Waals surface area contributed by atoms with Crippen LogP contribution in [0.1, 0.15) is 17.2 Å². The maximum absolute atomic E-state index is 10.2. The van der Waals surface area contributed by atoms with E-state index in [0.717, 1.165) is 12.0 Å². The lowest BCUT2D eigenvalue weighted by Gasteiger charge is -2.06. The molecule has 2 nitrogen and oxygen atoms in total. The van der Waals surface area contributed by atoms with Crippen LogP contribution in [0.15, 0.2) is 29.3 Å². The van der Waals surface area contributed by atoms with Crippen molar-refractivity contribution in [3.05, 3.63) is 35.4 Å². The Hall–Kier alpha value is -0.920. The molecule has 0 aliphatic heterocycles. The zero-order valence-corrected chi connectivity index (χ0v) is 8.49. The molecule has 1 aromatic rings. The third kappa shape index (κ3) is 1.45. The minimum atomic E-state index is -0.0475. The molecule has 0 amide bonds. The molecule has 0 saturated carbocycles. The van der Waals surface area contributed by atoms with Gasteiger partial charge in [0.05, 0.1) is 0 Å². The summed E-state index contributed by atoms with van der Waals surface area (Å²) in [7, 11) is 0. The number of carbonyl (C=O) groups excluding carboxylic acids is 1. The van der Waals surface area contributed by atoms with Crippen LogP contribution in [0.2, 0.25) is 0 Å². The van der Waals surface area contributed by atoms with Gasteiger partial charge in [0, 0.05) is 4.83 Å². The summed E-state index contributed by atoms with van der Waals surface area (Å²) in [5.74, 6) is 0. The Morgan fingerprint density at radius 2 is 2.23 bits per heavy atom. The maximum atomic E-state index is 10.2. The van der Waals surface area contributed by atoms with Crippen molar-refractivity contribution in [2.75, 3.05) is 0 Å². The number of hydrogen-bond donors (Lipinski definition) is 0. The molecule has 66 valence electrons. The van der Waals surface area contributed by atoms with E-state index in [1.807, 2.05) is 18.2 Å². The fourth-order valence-electron chi connectivity index (χ4n) is 1.73. The van der Waals surface area contributed by atoms with E-state index in [9.17, 15) is 4.79 Å². The van der Waals surface area contributed by atoms with Gasteiger partial charge in [-0.05, 0) is 17.5 Å². The van der Waals surface area contributed by atoms with E-state index in [1.165, 1.54) is 5.56 Å². The van der Waals surface area contributed by atoms with Crippen molar-refractivity contribution in [2.24, 2.45) is 4.99 Å². The van der Waals surface area contributed by atoms with Crippen LogP contribution >= 0.6 is 15.9 Å². The SMILES string of the molecule is O=C=N[C@@H]1c2ccccc2C[C@H]1Br. The Kier molecular flexibility index (Phi) is 2.30. The van der Waals surface area contributed by atoms with Gasteiger partial charge in [-0.3, -0.25) is 0 Å². The highest BCUT2D eigenvalue weighted by molar-refractivity contribution is 9.09. The van der Waals surface area contributed by atoms with Gasteiger partial charge in [-0.25, -0.2) is 4.79 Å². The fraction of sp³-hybridized carbons (Fsp3) is 0.300. The molecule has 0 bridgehead atoms. The zero-order chi connectivity index (χ0) is 9.26. The van der Waals surface area contributed by atoms with E-state index in [0.29, 0.717) is 0 Å². The zero-order valence-electron chi connectivity index (χ0n) is 6.90. The van der Waals surface area contributed by atoms with E-state index in [2.05, 4.69) is 27.0 Å². The van der Waals surface area contributed by atoms with Gasteiger partial charge in [0.25, 0.3) is 0 Å².